The van der Waals surface area contributed by atoms with Gasteiger partial charge in [0.05, 0.1) is 27.6 Å². The molecular weight excluding hydrogens is 248 g/mol. The van der Waals surface area contributed by atoms with E-state index >= 15 is 0 Å². The van der Waals surface area contributed by atoms with Crippen LogP contribution >= 0.6 is 0 Å². The topological polar surface area (TPSA) is 57.9 Å². The Morgan fingerprint density at radius 3 is 2.11 bits per heavy atom. The van der Waals surface area contributed by atoms with E-state index in [4.69, 9.17) is 18.6 Å². The van der Waals surface area contributed by atoms with Gasteiger partial charge in [-0.05, 0) is 24.3 Å². The van der Waals surface area contributed by atoms with Gasteiger partial charge in [0, 0.05) is 5.56 Å². The first-order chi connectivity index (χ1) is 9.21. The van der Waals surface area contributed by atoms with Crippen LogP contribution < -0.4 is 14.2 Å². The Kier molecular flexibility index (Phi) is 3.75. The third kappa shape index (κ3) is 2.40. The molecule has 1 heterocycles. The molecule has 0 fully saturated rings. The fraction of sp³-hybridized carbons (Fsp3) is 0.214. The lowest BCUT2D eigenvalue weighted by Crippen LogP contribution is -2.03. The summed E-state index contributed by atoms with van der Waals surface area (Å²) in [6.45, 7) is 0. The Balaban J connectivity index is 2.50. The average Bonchev–Trinajstić information content (AvgIpc) is 2.98. The molecule has 0 saturated heterocycles. The van der Waals surface area contributed by atoms with Gasteiger partial charge in [0.15, 0.2) is 17.3 Å². The van der Waals surface area contributed by atoms with E-state index in [0.29, 0.717) is 22.8 Å². The maximum absolute atomic E-state index is 12.2. The maximum Gasteiger partial charge on any atom is 0.228 e. The lowest BCUT2D eigenvalue weighted by Gasteiger charge is -2.13. The van der Waals surface area contributed by atoms with E-state index < -0.39 is 0 Å². The quantitative estimate of drug-likeness (QED) is 0.775. The fourth-order valence-corrected chi connectivity index (χ4v) is 1.76. The van der Waals surface area contributed by atoms with Crippen LogP contribution in [-0.2, 0) is 0 Å². The lowest BCUT2D eigenvalue weighted by molar-refractivity contribution is 0.101. The second kappa shape index (κ2) is 5.48. The van der Waals surface area contributed by atoms with Crippen molar-refractivity contribution >= 4 is 5.78 Å². The molecule has 0 N–H and O–H groups in total. The van der Waals surface area contributed by atoms with Gasteiger partial charge >= 0.3 is 0 Å². The predicted octanol–water partition coefficient (Wildman–Crippen LogP) is 2.54. The van der Waals surface area contributed by atoms with Crippen molar-refractivity contribution in [1.29, 1.82) is 0 Å². The highest BCUT2D eigenvalue weighted by Crippen LogP contribution is 2.38. The maximum atomic E-state index is 12.2. The Bertz CT molecular complexity index is 547. The van der Waals surface area contributed by atoms with Crippen LogP contribution in [0.2, 0.25) is 0 Å². The van der Waals surface area contributed by atoms with Crippen LogP contribution in [-0.4, -0.2) is 27.1 Å². The van der Waals surface area contributed by atoms with E-state index in [-0.39, 0.29) is 11.5 Å². The molecule has 5 nitrogen and oxygen atoms in total. The number of hydrogen-bond donors (Lipinski definition) is 0. The summed E-state index contributed by atoms with van der Waals surface area (Å²) in [4.78, 5) is 12.2. The van der Waals surface area contributed by atoms with Crippen LogP contribution in [0.15, 0.2) is 34.9 Å². The fourth-order valence-electron chi connectivity index (χ4n) is 1.76. The minimum absolute atomic E-state index is 0.246. The van der Waals surface area contributed by atoms with E-state index in [2.05, 4.69) is 0 Å². The molecule has 0 aliphatic carbocycles. The Hall–Kier alpha value is -2.43. The van der Waals surface area contributed by atoms with Crippen LogP contribution in [0.25, 0.3) is 0 Å². The van der Waals surface area contributed by atoms with E-state index in [1.54, 1.807) is 24.3 Å². The normalized spacial score (nSPS) is 10.1. The number of carbonyl (C=O) groups is 1. The van der Waals surface area contributed by atoms with E-state index in [0.717, 1.165) is 0 Å². The third-order valence-electron chi connectivity index (χ3n) is 2.67. The van der Waals surface area contributed by atoms with E-state index in [1.165, 1.54) is 27.6 Å². The van der Waals surface area contributed by atoms with Gasteiger partial charge < -0.3 is 18.6 Å². The van der Waals surface area contributed by atoms with Gasteiger partial charge in [0.2, 0.25) is 11.5 Å². The lowest BCUT2D eigenvalue weighted by atomic mass is 10.1. The van der Waals surface area contributed by atoms with Gasteiger partial charge in [0.1, 0.15) is 0 Å². The second-order valence-electron chi connectivity index (χ2n) is 3.72. The van der Waals surface area contributed by atoms with Crippen LogP contribution in [0.3, 0.4) is 0 Å². The van der Waals surface area contributed by atoms with Crippen LogP contribution in [0.1, 0.15) is 16.1 Å². The number of hydrogen-bond acceptors (Lipinski definition) is 5. The van der Waals surface area contributed by atoms with Crippen molar-refractivity contribution < 1.29 is 23.4 Å². The minimum Gasteiger partial charge on any atom is -0.493 e. The third-order valence-corrected chi connectivity index (χ3v) is 2.67. The van der Waals surface area contributed by atoms with Gasteiger partial charge in [-0.1, -0.05) is 0 Å². The predicted molar refractivity (Wildman–Crippen MR) is 68.2 cm³/mol. The first-order valence-electron chi connectivity index (χ1n) is 5.59. The summed E-state index contributed by atoms with van der Waals surface area (Å²) in [6, 6.07) is 6.44. The number of furan rings is 1. The number of methoxy groups -OCH3 is 3. The van der Waals surface area contributed by atoms with Crippen molar-refractivity contribution in [3.05, 3.63) is 41.9 Å². The SMILES string of the molecule is COc1cc(C(=O)c2ccco2)cc(OC)c1OC. The van der Waals surface area contributed by atoms with Gasteiger partial charge in [-0.3, -0.25) is 4.79 Å². The molecule has 0 saturated carbocycles. The zero-order chi connectivity index (χ0) is 13.8. The molecule has 100 valence electrons. The summed E-state index contributed by atoms with van der Waals surface area (Å²) >= 11 is 0. The summed E-state index contributed by atoms with van der Waals surface area (Å²) in [5.74, 6) is 1.31. The zero-order valence-corrected chi connectivity index (χ0v) is 10.9. The molecule has 1 aromatic heterocycles. The average molecular weight is 262 g/mol. The molecule has 0 radical (unpaired) electrons. The summed E-state index contributed by atoms with van der Waals surface area (Å²) in [5, 5.41) is 0. The molecule has 19 heavy (non-hydrogen) atoms. The number of carbonyl (C=O) groups excluding carboxylic acids is 1. The van der Waals surface area contributed by atoms with Gasteiger partial charge in [-0.2, -0.15) is 0 Å². The highest BCUT2D eigenvalue weighted by molar-refractivity contribution is 6.07. The van der Waals surface area contributed by atoms with Gasteiger partial charge in [-0.25, -0.2) is 0 Å². The molecule has 0 spiro atoms. The summed E-state index contributed by atoms with van der Waals surface area (Å²) in [6.07, 6.45) is 1.45. The van der Waals surface area contributed by atoms with Crippen LogP contribution in [0.5, 0.6) is 17.2 Å². The van der Waals surface area contributed by atoms with Gasteiger partial charge in [0.25, 0.3) is 0 Å². The highest BCUT2D eigenvalue weighted by Gasteiger charge is 2.19. The first kappa shape index (κ1) is 13.0. The number of ketones is 1. The highest BCUT2D eigenvalue weighted by atomic mass is 16.5. The van der Waals surface area contributed by atoms with Crippen molar-refractivity contribution in [3.63, 3.8) is 0 Å². The van der Waals surface area contributed by atoms with Crippen LogP contribution in [0.4, 0.5) is 0 Å². The summed E-state index contributed by atoms with van der Waals surface area (Å²) in [7, 11) is 4.51. The second-order valence-corrected chi connectivity index (χ2v) is 3.72. The van der Waals surface area contributed by atoms with Crippen molar-refractivity contribution in [2.24, 2.45) is 0 Å². The van der Waals surface area contributed by atoms with E-state index in [1.807, 2.05) is 0 Å². The van der Waals surface area contributed by atoms with Crippen molar-refractivity contribution in [2.75, 3.05) is 21.3 Å². The smallest absolute Gasteiger partial charge is 0.228 e. The number of ether oxygens (including phenoxy) is 3. The molecule has 0 amide bonds. The largest absolute Gasteiger partial charge is 0.493 e. The minimum atomic E-state index is -0.246. The van der Waals surface area contributed by atoms with Gasteiger partial charge in [-0.15, -0.1) is 0 Å². The molecule has 0 unspecified atom stereocenters. The molecule has 2 rings (SSSR count). The molecule has 2 aromatic rings. The van der Waals surface area contributed by atoms with Crippen molar-refractivity contribution in [1.82, 2.24) is 0 Å². The Morgan fingerprint density at radius 2 is 1.68 bits per heavy atom. The number of benzene rings is 1. The summed E-state index contributed by atoms with van der Waals surface area (Å²) < 4.78 is 20.7. The van der Waals surface area contributed by atoms with E-state index in [9.17, 15) is 4.79 Å². The Morgan fingerprint density at radius 1 is 1.05 bits per heavy atom. The molecule has 1 aromatic carbocycles. The molecule has 5 heteroatoms. The zero-order valence-electron chi connectivity index (χ0n) is 10.9. The molecule has 0 aliphatic rings. The summed E-state index contributed by atoms with van der Waals surface area (Å²) in [5.41, 5.74) is 0.407. The molecule has 0 aliphatic heterocycles. The standard InChI is InChI=1S/C14H14O5/c1-16-11-7-9(8-12(17-2)14(11)18-3)13(15)10-5-4-6-19-10/h4-8H,1-3H3. The molecule has 0 bridgehead atoms. The first-order valence-corrected chi connectivity index (χ1v) is 5.59. The van der Waals surface area contributed by atoms with Crippen LogP contribution in [0, 0.1) is 0 Å². The van der Waals surface area contributed by atoms with Crippen molar-refractivity contribution in [2.45, 2.75) is 0 Å². The van der Waals surface area contributed by atoms with Crippen molar-refractivity contribution in [3.8, 4) is 17.2 Å². The molecule has 0 atom stereocenters. The Labute approximate surface area is 110 Å². The molecular formula is C14H14O5. The number of rotatable bonds is 5. The monoisotopic (exact) mass is 262 g/mol.